The largest absolute Gasteiger partial charge is 0.398 e. The SMILES string of the molecule is Cc1cc(C)c(NS(=O)(=O)c2cccc(F)c2)cc1N. The topological polar surface area (TPSA) is 72.2 Å². The van der Waals surface area contributed by atoms with Crippen LogP contribution >= 0.6 is 0 Å². The van der Waals surface area contributed by atoms with Gasteiger partial charge in [-0.15, -0.1) is 0 Å². The Bertz CT molecular complexity index is 758. The van der Waals surface area contributed by atoms with E-state index in [2.05, 4.69) is 4.72 Å². The van der Waals surface area contributed by atoms with Gasteiger partial charge in [-0.2, -0.15) is 0 Å². The van der Waals surface area contributed by atoms with Crippen molar-refractivity contribution < 1.29 is 12.8 Å². The summed E-state index contributed by atoms with van der Waals surface area (Å²) in [7, 11) is -3.83. The molecule has 2 aromatic rings. The third-order valence-electron chi connectivity index (χ3n) is 2.96. The Kier molecular flexibility index (Phi) is 3.67. The van der Waals surface area contributed by atoms with Crippen LogP contribution in [0.5, 0.6) is 0 Å². The average Bonchev–Trinajstić information content (AvgIpc) is 2.36. The van der Waals surface area contributed by atoms with Gasteiger partial charge in [-0.05, 0) is 49.2 Å². The molecule has 4 nitrogen and oxygen atoms in total. The Balaban J connectivity index is 2.41. The Labute approximate surface area is 117 Å². The summed E-state index contributed by atoms with van der Waals surface area (Å²) in [6, 6.07) is 8.18. The molecule has 0 fully saturated rings. The molecule has 0 radical (unpaired) electrons. The van der Waals surface area contributed by atoms with Crippen molar-refractivity contribution in [1.29, 1.82) is 0 Å². The third kappa shape index (κ3) is 2.91. The number of rotatable bonds is 3. The second kappa shape index (κ2) is 5.13. The molecule has 6 heteroatoms. The van der Waals surface area contributed by atoms with Gasteiger partial charge < -0.3 is 5.73 Å². The quantitative estimate of drug-likeness (QED) is 0.855. The fraction of sp³-hybridized carbons (Fsp3) is 0.143. The maximum absolute atomic E-state index is 13.1. The third-order valence-corrected chi connectivity index (χ3v) is 4.33. The fourth-order valence-electron chi connectivity index (χ4n) is 1.82. The van der Waals surface area contributed by atoms with E-state index in [4.69, 9.17) is 5.73 Å². The normalized spacial score (nSPS) is 11.3. The summed E-state index contributed by atoms with van der Waals surface area (Å²) in [6.07, 6.45) is 0. The highest BCUT2D eigenvalue weighted by Gasteiger charge is 2.16. The molecule has 2 aromatic carbocycles. The minimum atomic E-state index is -3.83. The molecule has 0 heterocycles. The van der Waals surface area contributed by atoms with E-state index >= 15 is 0 Å². The number of sulfonamides is 1. The van der Waals surface area contributed by atoms with Gasteiger partial charge in [-0.25, -0.2) is 12.8 Å². The standard InChI is InChI=1S/C14H15FN2O2S/c1-9-6-10(2)14(8-13(9)16)17-20(18,19)12-5-3-4-11(15)7-12/h3-8,17H,16H2,1-2H3. The molecule has 0 aliphatic rings. The number of anilines is 2. The highest BCUT2D eigenvalue weighted by Crippen LogP contribution is 2.25. The molecule has 0 amide bonds. The summed E-state index contributed by atoms with van der Waals surface area (Å²) >= 11 is 0. The summed E-state index contributed by atoms with van der Waals surface area (Å²) in [5.41, 5.74) is 8.27. The Morgan fingerprint density at radius 1 is 1.10 bits per heavy atom. The van der Waals surface area contributed by atoms with Crippen LogP contribution < -0.4 is 10.5 Å². The summed E-state index contributed by atoms with van der Waals surface area (Å²) in [5, 5.41) is 0. The van der Waals surface area contributed by atoms with Gasteiger partial charge in [0.25, 0.3) is 10.0 Å². The van der Waals surface area contributed by atoms with E-state index in [-0.39, 0.29) is 4.90 Å². The van der Waals surface area contributed by atoms with E-state index in [0.717, 1.165) is 17.2 Å². The Morgan fingerprint density at radius 2 is 1.80 bits per heavy atom. The zero-order valence-electron chi connectivity index (χ0n) is 11.1. The first-order valence-corrected chi connectivity index (χ1v) is 7.43. The van der Waals surface area contributed by atoms with Crippen molar-refractivity contribution >= 4 is 21.4 Å². The van der Waals surface area contributed by atoms with Gasteiger partial charge in [-0.1, -0.05) is 12.1 Å². The van der Waals surface area contributed by atoms with Crippen molar-refractivity contribution in [2.24, 2.45) is 0 Å². The number of nitrogens with two attached hydrogens (primary N) is 1. The van der Waals surface area contributed by atoms with Crippen molar-refractivity contribution in [3.8, 4) is 0 Å². The number of halogens is 1. The number of nitrogen functional groups attached to an aromatic ring is 1. The van der Waals surface area contributed by atoms with Crippen molar-refractivity contribution in [3.63, 3.8) is 0 Å². The van der Waals surface area contributed by atoms with Crippen LogP contribution in [0, 0.1) is 19.7 Å². The van der Waals surface area contributed by atoms with Crippen LogP contribution in [0.1, 0.15) is 11.1 Å². The molecular formula is C14H15FN2O2S. The van der Waals surface area contributed by atoms with Gasteiger partial charge in [0.05, 0.1) is 10.6 Å². The van der Waals surface area contributed by atoms with Crippen molar-refractivity contribution in [2.45, 2.75) is 18.7 Å². The number of aryl methyl sites for hydroxylation is 2. The van der Waals surface area contributed by atoms with Gasteiger partial charge in [0.15, 0.2) is 0 Å². The minimum Gasteiger partial charge on any atom is -0.398 e. The highest BCUT2D eigenvalue weighted by molar-refractivity contribution is 7.92. The number of benzene rings is 2. The fourth-order valence-corrected chi connectivity index (χ4v) is 2.97. The molecule has 0 unspecified atom stereocenters. The van der Waals surface area contributed by atoms with E-state index < -0.39 is 15.8 Å². The summed E-state index contributed by atoms with van der Waals surface area (Å²) in [5.74, 6) is -0.604. The van der Waals surface area contributed by atoms with E-state index in [9.17, 15) is 12.8 Å². The van der Waals surface area contributed by atoms with Gasteiger partial charge >= 0.3 is 0 Å². The molecule has 0 spiro atoms. The molecule has 0 aliphatic heterocycles. The summed E-state index contributed by atoms with van der Waals surface area (Å²) < 4.78 is 39.9. The molecule has 0 aromatic heterocycles. The van der Waals surface area contributed by atoms with Crippen LogP contribution in [0.25, 0.3) is 0 Å². The van der Waals surface area contributed by atoms with E-state index in [1.165, 1.54) is 18.2 Å². The van der Waals surface area contributed by atoms with E-state index in [0.29, 0.717) is 11.4 Å². The number of hydrogen-bond acceptors (Lipinski definition) is 3. The first kappa shape index (κ1) is 14.3. The maximum Gasteiger partial charge on any atom is 0.262 e. The van der Waals surface area contributed by atoms with Gasteiger partial charge in [0, 0.05) is 5.69 Å². The van der Waals surface area contributed by atoms with Crippen molar-refractivity contribution in [3.05, 3.63) is 53.3 Å². The van der Waals surface area contributed by atoms with E-state index in [1.54, 1.807) is 19.1 Å². The lowest BCUT2D eigenvalue weighted by molar-refractivity contribution is 0.595. The number of hydrogen-bond donors (Lipinski definition) is 2. The first-order chi connectivity index (χ1) is 9.29. The molecule has 0 bridgehead atoms. The lowest BCUT2D eigenvalue weighted by Gasteiger charge is -2.12. The second-order valence-corrected chi connectivity index (χ2v) is 6.27. The molecule has 0 atom stereocenters. The Hall–Kier alpha value is -2.08. The van der Waals surface area contributed by atoms with Crippen molar-refractivity contribution in [2.75, 3.05) is 10.5 Å². The zero-order valence-corrected chi connectivity index (χ0v) is 12.0. The molecule has 3 N–H and O–H groups in total. The lowest BCUT2D eigenvalue weighted by atomic mass is 10.1. The highest BCUT2D eigenvalue weighted by atomic mass is 32.2. The monoisotopic (exact) mass is 294 g/mol. The molecule has 2 rings (SSSR count). The van der Waals surface area contributed by atoms with Crippen LogP contribution in [0.15, 0.2) is 41.3 Å². The number of nitrogens with one attached hydrogen (secondary N) is 1. The smallest absolute Gasteiger partial charge is 0.262 e. The van der Waals surface area contributed by atoms with Crippen LogP contribution in [-0.2, 0) is 10.0 Å². The predicted molar refractivity (Wildman–Crippen MR) is 77.5 cm³/mol. The van der Waals surface area contributed by atoms with Gasteiger partial charge in [0.2, 0.25) is 0 Å². The molecular weight excluding hydrogens is 279 g/mol. The Morgan fingerprint density at radius 3 is 2.45 bits per heavy atom. The maximum atomic E-state index is 13.1. The minimum absolute atomic E-state index is 0.129. The molecule has 106 valence electrons. The van der Waals surface area contributed by atoms with Crippen LogP contribution in [0.3, 0.4) is 0 Å². The van der Waals surface area contributed by atoms with Crippen molar-refractivity contribution in [1.82, 2.24) is 0 Å². The summed E-state index contributed by atoms with van der Waals surface area (Å²) in [6.45, 7) is 3.61. The summed E-state index contributed by atoms with van der Waals surface area (Å²) in [4.78, 5) is -0.129. The van der Waals surface area contributed by atoms with Gasteiger partial charge in [-0.3, -0.25) is 4.72 Å². The molecule has 0 aliphatic carbocycles. The van der Waals surface area contributed by atoms with Crippen LogP contribution in [0.2, 0.25) is 0 Å². The molecule has 0 saturated heterocycles. The second-order valence-electron chi connectivity index (χ2n) is 4.59. The average molecular weight is 294 g/mol. The van der Waals surface area contributed by atoms with Crippen LogP contribution in [-0.4, -0.2) is 8.42 Å². The van der Waals surface area contributed by atoms with Gasteiger partial charge in [0.1, 0.15) is 5.82 Å². The lowest BCUT2D eigenvalue weighted by Crippen LogP contribution is -2.14. The molecule has 20 heavy (non-hydrogen) atoms. The van der Waals surface area contributed by atoms with Crippen LogP contribution in [0.4, 0.5) is 15.8 Å². The zero-order chi connectivity index (χ0) is 14.9. The molecule has 0 saturated carbocycles. The predicted octanol–water partition coefficient (Wildman–Crippen LogP) is 2.83. The first-order valence-electron chi connectivity index (χ1n) is 5.95. The van der Waals surface area contributed by atoms with E-state index in [1.807, 2.05) is 6.92 Å².